The van der Waals surface area contributed by atoms with Crippen molar-refractivity contribution in [1.29, 1.82) is 0 Å². The highest BCUT2D eigenvalue weighted by atomic mass is 35.5. The van der Waals surface area contributed by atoms with E-state index in [1.54, 1.807) is 0 Å². The average molecular weight is 392 g/mol. The molecule has 2 rings (SSSR count). The number of benzene rings is 1. The van der Waals surface area contributed by atoms with Crippen molar-refractivity contribution in [2.75, 3.05) is 5.32 Å². The van der Waals surface area contributed by atoms with E-state index >= 15 is 0 Å². The minimum Gasteiger partial charge on any atom is -0.544 e. The summed E-state index contributed by atoms with van der Waals surface area (Å²) < 4.78 is 38.3. The second kappa shape index (κ2) is 7.01. The van der Waals surface area contributed by atoms with E-state index < -0.39 is 29.5 Å². The van der Waals surface area contributed by atoms with Crippen LogP contribution in [-0.4, -0.2) is 16.9 Å². The summed E-state index contributed by atoms with van der Waals surface area (Å²) in [6.07, 6.45) is -4.58. The zero-order valence-electron chi connectivity index (χ0n) is 12.9. The number of nitrogens with one attached hydrogen (secondary N) is 1. The van der Waals surface area contributed by atoms with E-state index in [4.69, 9.17) is 11.6 Å². The number of carbonyl (C=O) groups excluding carboxylic acids is 2. The number of hydrogen-bond donors (Lipinski definition) is 1. The van der Waals surface area contributed by atoms with E-state index in [1.165, 1.54) is 13.8 Å². The van der Waals surface area contributed by atoms with Gasteiger partial charge in [-0.15, -0.1) is 11.3 Å². The first-order valence-electron chi connectivity index (χ1n) is 6.87. The average Bonchev–Trinajstić information content (AvgIpc) is 2.89. The number of nitrogens with zero attached hydrogens (tertiary/aromatic N) is 1. The summed E-state index contributed by atoms with van der Waals surface area (Å²) in [5, 5.41) is 13.4. The van der Waals surface area contributed by atoms with Gasteiger partial charge in [0.2, 0.25) is 5.91 Å². The van der Waals surface area contributed by atoms with Crippen molar-refractivity contribution in [2.24, 2.45) is 0 Å². The van der Waals surface area contributed by atoms with Crippen LogP contribution in [0.5, 0.6) is 0 Å². The molecule has 0 aliphatic carbocycles. The quantitative estimate of drug-likeness (QED) is 0.867. The lowest BCUT2D eigenvalue weighted by Crippen LogP contribution is -2.21. The molecule has 0 aliphatic rings. The molecule has 0 spiro atoms. The molecule has 5 nitrogen and oxygen atoms in total. The maximum atomic E-state index is 12.8. The number of carboxylic acids is 1. The molecule has 0 bridgehead atoms. The Morgan fingerprint density at radius 1 is 1.36 bits per heavy atom. The Bertz CT molecular complexity index is 836. The molecule has 1 aromatic heterocycles. The van der Waals surface area contributed by atoms with Gasteiger partial charge < -0.3 is 15.2 Å². The van der Waals surface area contributed by atoms with Crippen LogP contribution < -0.4 is 10.4 Å². The zero-order valence-corrected chi connectivity index (χ0v) is 14.5. The molecule has 10 heteroatoms. The molecule has 1 atom stereocenters. The van der Waals surface area contributed by atoms with Crippen LogP contribution in [0.25, 0.3) is 0 Å². The fourth-order valence-electron chi connectivity index (χ4n) is 1.94. The fourth-order valence-corrected chi connectivity index (χ4v) is 3.06. The van der Waals surface area contributed by atoms with Crippen molar-refractivity contribution in [3.05, 3.63) is 44.4 Å². The predicted octanol–water partition coefficient (Wildman–Crippen LogP) is 3.23. The van der Waals surface area contributed by atoms with Crippen molar-refractivity contribution < 1.29 is 27.9 Å². The van der Waals surface area contributed by atoms with Gasteiger partial charge in [-0.2, -0.15) is 13.2 Å². The van der Waals surface area contributed by atoms with Crippen LogP contribution in [0.15, 0.2) is 18.2 Å². The summed E-state index contributed by atoms with van der Waals surface area (Å²) in [5.41, 5.74) is -0.942. The number of carbonyl (C=O) groups is 2. The number of aromatic nitrogens is 1. The number of aromatic carboxylic acids is 1. The van der Waals surface area contributed by atoms with Crippen LogP contribution in [0, 0.1) is 6.92 Å². The number of alkyl halides is 3. The van der Waals surface area contributed by atoms with E-state index in [0.29, 0.717) is 0 Å². The van der Waals surface area contributed by atoms with Crippen LogP contribution in [0.2, 0.25) is 5.02 Å². The van der Waals surface area contributed by atoms with E-state index in [9.17, 15) is 27.9 Å². The van der Waals surface area contributed by atoms with Crippen LogP contribution >= 0.6 is 22.9 Å². The summed E-state index contributed by atoms with van der Waals surface area (Å²) >= 11 is 6.61. The molecule has 0 unspecified atom stereocenters. The molecule has 134 valence electrons. The Labute approximate surface area is 149 Å². The minimum absolute atomic E-state index is 0.0562. The topological polar surface area (TPSA) is 82.1 Å². The van der Waals surface area contributed by atoms with E-state index in [2.05, 4.69) is 10.3 Å². The molecule has 1 N–H and O–H groups in total. The van der Waals surface area contributed by atoms with Crippen molar-refractivity contribution in [3.8, 4) is 0 Å². The van der Waals surface area contributed by atoms with Crippen LogP contribution in [-0.2, 0) is 11.0 Å². The standard InChI is InChI=1S/C15H12ClF3N2O3S/c1-6(13-20-7(2)11(25-13)14(23)24)12(22)21-10-5-8(15(17,18)19)3-4-9(10)16/h3-6H,1-2H3,(H,21,22)(H,23,24)/p-1/t6-/m1/s1. The smallest absolute Gasteiger partial charge is 0.416 e. The van der Waals surface area contributed by atoms with Crippen molar-refractivity contribution in [1.82, 2.24) is 4.98 Å². The number of amides is 1. The van der Waals surface area contributed by atoms with Gasteiger partial charge in [-0.1, -0.05) is 11.6 Å². The van der Waals surface area contributed by atoms with Gasteiger partial charge in [-0.3, -0.25) is 4.79 Å². The molecule has 0 saturated carbocycles. The van der Waals surface area contributed by atoms with Gasteiger partial charge in [0.25, 0.3) is 0 Å². The molecule has 0 aliphatic heterocycles. The van der Waals surface area contributed by atoms with Crippen molar-refractivity contribution in [2.45, 2.75) is 25.9 Å². The number of thiazole rings is 1. The summed E-state index contributed by atoms with van der Waals surface area (Å²) in [6.45, 7) is 2.91. The van der Waals surface area contributed by atoms with Gasteiger partial charge in [0.05, 0.1) is 38.7 Å². The maximum Gasteiger partial charge on any atom is 0.416 e. The predicted molar refractivity (Wildman–Crippen MR) is 84.7 cm³/mol. The molecule has 1 heterocycles. The second-order valence-electron chi connectivity index (χ2n) is 5.16. The molecule has 1 amide bonds. The van der Waals surface area contributed by atoms with E-state index in [1.807, 2.05) is 0 Å². The first-order valence-corrected chi connectivity index (χ1v) is 8.06. The fraction of sp³-hybridized carbons (Fsp3) is 0.267. The van der Waals surface area contributed by atoms with E-state index in [0.717, 1.165) is 29.5 Å². The minimum atomic E-state index is -4.58. The normalized spacial score (nSPS) is 12.7. The van der Waals surface area contributed by atoms with Gasteiger partial charge in [-0.25, -0.2) is 4.98 Å². The third-order valence-corrected chi connectivity index (χ3v) is 4.96. The van der Waals surface area contributed by atoms with Gasteiger partial charge in [0.1, 0.15) is 5.01 Å². The molecular formula is C15H11ClF3N2O3S-. The number of rotatable bonds is 4. The molecule has 25 heavy (non-hydrogen) atoms. The number of hydrogen-bond acceptors (Lipinski definition) is 5. The lowest BCUT2D eigenvalue weighted by Gasteiger charge is -2.13. The van der Waals surface area contributed by atoms with Crippen LogP contribution in [0.1, 0.15) is 38.8 Å². The molecule has 0 radical (unpaired) electrons. The van der Waals surface area contributed by atoms with Gasteiger partial charge >= 0.3 is 6.18 Å². The summed E-state index contributed by atoms with van der Waals surface area (Å²) in [4.78, 5) is 27.1. The lowest BCUT2D eigenvalue weighted by molar-refractivity contribution is -0.254. The third-order valence-electron chi connectivity index (χ3n) is 3.31. The molecule has 0 fully saturated rings. The largest absolute Gasteiger partial charge is 0.544 e. The first-order chi connectivity index (χ1) is 11.5. The zero-order chi connectivity index (χ0) is 18.9. The SMILES string of the molecule is Cc1nc([C@H](C)C(=O)Nc2cc(C(F)(F)F)ccc2Cl)sc1C(=O)[O-]. The highest BCUT2D eigenvalue weighted by Crippen LogP contribution is 2.34. The van der Waals surface area contributed by atoms with Crippen LogP contribution in [0.3, 0.4) is 0 Å². The Kier molecular flexibility index (Phi) is 5.38. The first kappa shape index (κ1) is 19.2. The number of anilines is 1. The molecular weight excluding hydrogens is 381 g/mol. The number of aryl methyl sites for hydroxylation is 1. The van der Waals surface area contributed by atoms with Crippen LogP contribution in [0.4, 0.5) is 18.9 Å². The molecule has 1 aromatic carbocycles. The van der Waals surface area contributed by atoms with Crippen molar-refractivity contribution >= 4 is 40.5 Å². The Balaban J connectivity index is 2.24. The Morgan fingerprint density at radius 3 is 2.52 bits per heavy atom. The number of carboxylic acid groups (broad SMARTS) is 1. The molecule has 2 aromatic rings. The van der Waals surface area contributed by atoms with Gasteiger partial charge in [0.15, 0.2) is 0 Å². The molecule has 0 saturated heterocycles. The highest BCUT2D eigenvalue weighted by Gasteiger charge is 2.31. The summed E-state index contributed by atoms with van der Waals surface area (Å²) in [5.74, 6) is -2.96. The maximum absolute atomic E-state index is 12.8. The van der Waals surface area contributed by atoms with Crippen molar-refractivity contribution in [3.63, 3.8) is 0 Å². The monoisotopic (exact) mass is 391 g/mol. The highest BCUT2D eigenvalue weighted by molar-refractivity contribution is 7.13. The second-order valence-corrected chi connectivity index (χ2v) is 6.60. The van der Waals surface area contributed by atoms with Gasteiger partial charge in [-0.05, 0) is 32.0 Å². The Morgan fingerprint density at radius 2 is 2.00 bits per heavy atom. The summed E-state index contributed by atoms with van der Waals surface area (Å²) in [7, 11) is 0. The number of halogens is 4. The summed E-state index contributed by atoms with van der Waals surface area (Å²) in [6, 6.07) is 2.57. The Hall–Kier alpha value is -2.13. The van der Waals surface area contributed by atoms with E-state index in [-0.39, 0.29) is 26.3 Å². The van der Waals surface area contributed by atoms with Gasteiger partial charge in [0, 0.05) is 0 Å². The third kappa shape index (κ3) is 4.29. The lowest BCUT2D eigenvalue weighted by atomic mass is 10.1.